The number of ether oxygens (including phenoxy) is 3. The van der Waals surface area contributed by atoms with Gasteiger partial charge in [-0.15, -0.1) is 0 Å². The van der Waals surface area contributed by atoms with E-state index in [-0.39, 0.29) is 43.1 Å². The van der Waals surface area contributed by atoms with Crippen LogP contribution in [0.15, 0.2) is 72.8 Å². The highest BCUT2D eigenvalue weighted by Crippen LogP contribution is 2.44. The van der Waals surface area contributed by atoms with Crippen LogP contribution < -0.4 is 11.1 Å². The topological polar surface area (TPSA) is 174 Å². The Kier molecular flexibility index (Phi) is 38.0. The highest BCUT2D eigenvalue weighted by molar-refractivity contribution is 5.85. The van der Waals surface area contributed by atoms with Gasteiger partial charge in [0, 0.05) is 31.6 Å². The van der Waals surface area contributed by atoms with Crippen molar-refractivity contribution >= 4 is 29.7 Å². The van der Waals surface area contributed by atoms with E-state index in [4.69, 9.17) is 24.4 Å². The quantitative estimate of drug-likeness (QED) is 0.0779. The number of carboxylic acid groups (broad SMARTS) is 1. The van der Waals surface area contributed by atoms with Crippen LogP contribution >= 0.6 is 0 Å². The van der Waals surface area contributed by atoms with Gasteiger partial charge in [0.25, 0.3) is 0 Å². The summed E-state index contributed by atoms with van der Waals surface area (Å²) in [7, 11) is 2.50. The summed E-state index contributed by atoms with van der Waals surface area (Å²) in [5.74, 6) is -1.53. The zero-order valence-electron chi connectivity index (χ0n) is 40.3. The van der Waals surface area contributed by atoms with Gasteiger partial charge in [-0.05, 0) is 95.0 Å². The summed E-state index contributed by atoms with van der Waals surface area (Å²) < 4.78 is 15.4. The van der Waals surface area contributed by atoms with Gasteiger partial charge < -0.3 is 30.2 Å². The van der Waals surface area contributed by atoms with E-state index in [2.05, 4.69) is 49.2 Å². The number of aliphatic carboxylic acids is 1. The number of fused-ring (bicyclic) bond motifs is 3. The minimum absolute atomic E-state index is 0. The molecule has 0 saturated heterocycles. The van der Waals surface area contributed by atoms with Crippen molar-refractivity contribution in [2.45, 2.75) is 166 Å². The molecule has 0 aromatic heterocycles. The minimum Gasteiger partial charge on any atom is -0.481 e. The summed E-state index contributed by atoms with van der Waals surface area (Å²) in [6.07, 6.45) is 7.85. The number of unbranched alkanes of at least 4 members (excludes halogenated alkanes) is 4. The number of benzene rings is 3. The maximum atomic E-state index is 12.3. The van der Waals surface area contributed by atoms with Crippen LogP contribution in [0.5, 0.6) is 0 Å². The van der Waals surface area contributed by atoms with Crippen molar-refractivity contribution in [3.8, 4) is 11.1 Å². The number of hydrogen-bond donors (Lipinski definition) is 4. The fourth-order valence-corrected chi connectivity index (χ4v) is 5.42. The Morgan fingerprint density at radius 1 is 0.677 bits per heavy atom. The van der Waals surface area contributed by atoms with Gasteiger partial charge in [0.2, 0.25) is 0 Å². The number of hydrogen-bond acceptors (Lipinski definition) is 9. The second-order valence-electron chi connectivity index (χ2n) is 15.5. The van der Waals surface area contributed by atoms with E-state index in [0.717, 1.165) is 12.7 Å². The monoisotopic (exact) mass is 871 g/mol. The van der Waals surface area contributed by atoms with E-state index in [1.54, 1.807) is 32.9 Å². The van der Waals surface area contributed by atoms with Crippen LogP contribution in [0.1, 0.15) is 165 Å². The first kappa shape index (κ1) is 63.9. The van der Waals surface area contributed by atoms with Crippen LogP contribution in [0, 0.1) is 5.92 Å². The van der Waals surface area contributed by atoms with Crippen molar-refractivity contribution in [1.29, 1.82) is 0 Å². The number of carbonyl (C=O) groups is 4. The van der Waals surface area contributed by atoms with Crippen LogP contribution in [0.2, 0.25) is 0 Å². The molecule has 0 spiro atoms. The van der Waals surface area contributed by atoms with Gasteiger partial charge >= 0.3 is 24.0 Å². The lowest BCUT2D eigenvalue weighted by Crippen LogP contribution is -2.23. The Hall–Kier alpha value is -4.74. The van der Waals surface area contributed by atoms with Gasteiger partial charge in [0.05, 0.1) is 5.92 Å². The molecule has 0 fully saturated rings. The average molecular weight is 871 g/mol. The molecule has 1 aliphatic carbocycles. The zero-order valence-corrected chi connectivity index (χ0v) is 40.3. The standard InChI is InChI=1S/C25H23NO4.2C7H14O2.C7H16.C2H6.CH5N.CH4O.CH4/c1-16(24(27)28)14-17-10-12-18(13-11-17)26-25(29)30-15-23-21-8-4-2-6-19(21)20-7-3-5-9-22(20)23;2*1-5-6(8)9-7(2,3)4;1-3-5-7-6-4-2;3*1-2;/h2-13,16,23H,14-15H2,1H3,(H,26,29)(H,27,28);2*5H2,1-4H3;3-7H2,1-2H3;1-2H3;2H2,1H3;2H,1H3;1H4/t16-;;;;;;;/m1......./s1. The Morgan fingerprint density at radius 2 is 1.06 bits per heavy atom. The Bertz CT molecular complexity index is 1530. The average Bonchev–Trinajstić information content (AvgIpc) is 3.56. The van der Waals surface area contributed by atoms with Gasteiger partial charge in [0.1, 0.15) is 17.8 Å². The third-order valence-electron chi connectivity index (χ3n) is 8.13. The van der Waals surface area contributed by atoms with Crippen molar-refractivity contribution in [3.05, 3.63) is 89.5 Å². The van der Waals surface area contributed by atoms with Crippen LogP contribution in [0.3, 0.4) is 0 Å². The smallest absolute Gasteiger partial charge is 0.411 e. The molecule has 0 aliphatic heterocycles. The van der Waals surface area contributed by atoms with E-state index < -0.39 is 18.0 Å². The predicted molar refractivity (Wildman–Crippen MR) is 259 cm³/mol. The number of nitrogens with one attached hydrogen (secondary N) is 1. The summed E-state index contributed by atoms with van der Waals surface area (Å²) in [6.45, 7) is 25.2. The van der Waals surface area contributed by atoms with E-state index >= 15 is 0 Å². The summed E-state index contributed by atoms with van der Waals surface area (Å²) >= 11 is 0. The fraction of sp³-hybridized carbons (Fsp3) is 0.569. The SMILES string of the molecule is C.CC.CCC(=O)OC(C)(C)C.CCC(=O)OC(C)(C)C.CCCCCCC.CN.CO.C[C@H](Cc1ccc(NC(=O)OCC2c3ccccc3-c3ccccc32)cc1)C(=O)O. The molecule has 354 valence electrons. The molecule has 0 heterocycles. The molecule has 1 amide bonds. The lowest BCUT2D eigenvalue weighted by Gasteiger charge is -2.18. The predicted octanol–water partition coefficient (Wildman–Crippen LogP) is 12.6. The summed E-state index contributed by atoms with van der Waals surface area (Å²) in [6, 6.07) is 23.6. The first-order valence-electron chi connectivity index (χ1n) is 21.7. The molecular weight excluding hydrogens is 785 g/mol. The van der Waals surface area contributed by atoms with Gasteiger partial charge in [0.15, 0.2) is 0 Å². The molecule has 11 nitrogen and oxygen atoms in total. The second-order valence-corrected chi connectivity index (χ2v) is 15.5. The number of aliphatic hydroxyl groups excluding tert-OH is 1. The molecule has 1 atom stereocenters. The Balaban J connectivity index is -0.000000433. The molecule has 0 unspecified atom stereocenters. The van der Waals surface area contributed by atoms with Crippen molar-refractivity contribution in [2.24, 2.45) is 11.7 Å². The molecule has 0 radical (unpaired) electrons. The molecule has 0 saturated carbocycles. The summed E-state index contributed by atoms with van der Waals surface area (Å²) in [5, 5.41) is 18.8. The van der Waals surface area contributed by atoms with Gasteiger partial charge in [-0.2, -0.15) is 0 Å². The minimum atomic E-state index is -0.823. The van der Waals surface area contributed by atoms with Crippen molar-refractivity contribution in [3.63, 3.8) is 0 Å². The Labute approximate surface area is 376 Å². The molecule has 4 rings (SSSR count). The normalized spacial score (nSPS) is 11.0. The molecule has 5 N–H and O–H groups in total. The maximum Gasteiger partial charge on any atom is 0.411 e. The number of rotatable bonds is 12. The maximum absolute atomic E-state index is 12.3. The van der Waals surface area contributed by atoms with Crippen molar-refractivity contribution in [2.75, 3.05) is 26.1 Å². The molecule has 11 heteroatoms. The van der Waals surface area contributed by atoms with Crippen molar-refractivity contribution in [1.82, 2.24) is 0 Å². The second kappa shape index (κ2) is 36.9. The summed E-state index contributed by atoms with van der Waals surface area (Å²) in [5.41, 5.74) is 10.1. The van der Waals surface area contributed by atoms with Crippen LogP contribution in [-0.4, -0.2) is 66.2 Å². The number of amides is 1. The van der Waals surface area contributed by atoms with Gasteiger partial charge in [-0.25, -0.2) is 4.79 Å². The van der Waals surface area contributed by atoms with Crippen LogP contribution in [0.25, 0.3) is 11.1 Å². The number of aliphatic hydroxyl groups is 1. The van der Waals surface area contributed by atoms with Crippen LogP contribution in [0.4, 0.5) is 10.5 Å². The molecule has 0 bridgehead atoms. The number of anilines is 1. The summed E-state index contributed by atoms with van der Waals surface area (Å²) in [4.78, 5) is 44.5. The van der Waals surface area contributed by atoms with Gasteiger partial charge in [-0.3, -0.25) is 19.7 Å². The Morgan fingerprint density at radius 3 is 1.39 bits per heavy atom. The highest BCUT2D eigenvalue weighted by atomic mass is 16.6. The lowest BCUT2D eigenvalue weighted by atomic mass is 9.98. The van der Waals surface area contributed by atoms with E-state index in [9.17, 15) is 19.2 Å². The van der Waals surface area contributed by atoms with E-state index in [1.807, 2.05) is 91.8 Å². The molecule has 3 aromatic rings. The first-order valence-corrected chi connectivity index (χ1v) is 21.7. The number of nitrogens with two attached hydrogens (primary N) is 1. The lowest BCUT2D eigenvalue weighted by molar-refractivity contribution is -0.155. The van der Waals surface area contributed by atoms with Crippen LogP contribution in [-0.2, 0) is 35.0 Å². The number of carbonyl (C=O) groups excluding carboxylic acids is 3. The van der Waals surface area contributed by atoms with Gasteiger partial charge in [-0.1, -0.05) is 149 Å². The largest absolute Gasteiger partial charge is 0.481 e. The highest BCUT2D eigenvalue weighted by Gasteiger charge is 2.29. The third-order valence-corrected chi connectivity index (χ3v) is 8.13. The van der Waals surface area contributed by atoms with E-state index in [1.165, 1.54) is 61.4 Å². The molecule has 3 aromatic carbocycles. The third kappa shape index (κ3) is 29.5. The first-order chi connectivity index (χ1) is 28.8. The van der Waals surface area contributed by atoms with E-state index in [0.29, 0.717) is 24.9 Å². The molecule has 62 heavy (non-hydrogen) atoms. The van der Waals surface area contributed by atoms with Crippen molar-refractivity contribution < 1.29 is 43.6 Å². The number of esters is 2. The fourth-order valence-electron chi connectivity index (χ4n) is 5.42. The molecular formula is C51H86N2O9. The molecule has 1 aliphatic rings. The zero-order chi connectivity index (χ0) is 47.6. The number of carboxylic acids is 1.